The zero-order valence-electron chi connectivity index (χ0n) is 7.96. The van der Waals surface area contributed by atoms with Gasteiger partial charge in [-0.2, -0.15) is 0 Å². The van der Waals surface area contributed by atoms with Gasteiger partial charge in [-0.3, -0.25) is 4.79 Å². The minimum absolute atomic E-state index is 0.233. The molecule has 0 aliphatic rings. The molecule has 1 N–H and O–H groups in total. The van der Waals surface area contributed by atoms with Gasteiger partial charge in [-0.25, -0.2) is 4.79 Å². The van der Waals surface area contributed by atoms with Gasteiger partial charge in [0, 0.05) is 17.3 Å². The second kappa shape index (κ2) is 7.55. The molecule has 0 aliphatic carbocycles. The zero-order chi connectivity index (χ0) is 11.0. The van der Waals surface area contributed by atoms with Crippen LogP contribution in [-0.4, -0.2) is 29.0 Å². The van der Waals surface area contributed by atoms with Crippen molar-refractivity contribution in [2.75, 3.05) is 11.9 Å². The Bertz CT molecular complexity index is 235. The minimum Gasteiger partial charge on any atom is -0.478 e. The normalized spacial score (nSPS) is 11.1. The number of hydrogen-bond acceptors (Lipinski definition) is 3. The second-order valence-corrected chi connectivity index (χ2v) is 3.43. The van der Waals surface area contributed by atoms with Crippen LogP contribution in [0.3, 0.4) is 0 Å². The van der Waals surface area contributed by atoms with E-state index < -0.39 is 5.97 Å². The largest absolute Gasteiger partial charge is 0.478 e. The topological polar surface area (TPSA) is 63.6 Å². The summed E-state index contributed by atoms with van der Waals surface area (Å²) in [4.78, 5) is 21.2. The molecule has 0 saturated heterocycles. The molecule has 0 atom stereocenters. The van der Waals surface area contributed by atoms with Crippen LogP contribution in [-0.2, 0) is 14.3 Å². The highest BCUT2D eigenvalue weighted by Crippen LogP contribution is 1.97. The molecule has 80 valence electrons. The molecule has 0 aromatic carbocycles. The Hall–Kier alpha value is -0.840. The van der Waals surface area contributed by atoms with E-state index >= 15 is 0 Å². The van der Waals surface area contributed by atoms with Gasteiger partial charge >= 0.3 is 11.9 Å². The summed E-state index contributed by atoms with van der Waals surface area (Å²) in [6, 6.07) is 0. The standard InChI is InChI=1S/C9H13BrO4/c1-7(9(12)13)3-2-6-14-8(11)4-5-10/h3H,2,4-6H2,1H3,(H,12,13)/b7-3+. The summed E-state index contributed by atoms with van der Waals surface area (Å²) in [5.74, 6) is -1.22. The maximum absolute atomic E-state index is 10.8. The summed E-state index contributed by atoms with van der Waals surface area (Å²) < 4.78 is 4.81. The quantitative estimate of drug-likeness (QED) is 0.344. The Labute approximate surface area is 91.1 Å². The third kappa shape index (κ3) is 6.65. The van der Waals surface area contributed by atoms with Crippen LogP contribution in [0.1, 0.15) is 19.8 Å². The molecule has 0 amide bonds. The maximum atomic E-state index is 10.8. The Morgan fingerprint density at radius 2 is 2.14 bits per heavy atom. The Morgan fingerprint density at radius 3 is 2.64 bits per heavy atom. The van der Waals surface area contributed by atoms with Gasteiger partial charge in [0.2, 0.25) is 0 Å². The molecular weight excluding hydrogens is 252 g/mol. The van der Waals surface area contributed by atoms with Crippen molar-refractivity contribution in [3.8, 4) is 0 Å². The Balaban J connectivity index is 3.60. The number of hydrogen-bond donors (Lipinski definition) is 1. The van der Waals surface area contributed by atoms with E-state index in [9.17, 15) is 9.59 Å². The number of aliphatic carboxylic acids is 1. The molecule has 0 aromatic rings. The number of rotatable bonds is 6. The van der Waals surface area contributed by atoms with Gasteiger partial charge in [-0.1, -0.05) is 22.0 Å². The molecule has 0 radical (unpaired) electrons. The van der Waals surface area contributed by atoms with Gasteiger partial charge in [0.05, 0.1) is 13.0 Å². The van der Waals surface area contributed by atoms with Crippen molar-refractivity contribution in [2.24, 2.45) is 0 Å². The lowest BCUT2D eigenvalue weighted by molar-refractivity contribution is -0.142. The van der Waals surface area contributed by atoms with Crippen molar-refractivity contribution >= 4 is 27.9 Å². The van der Waals surface area contributed by atoms with Gasteiger partial charge in [0.1, 0.15) is 0 Å². The number of carbonyl (C=O) groups excluding carboxylic acids is 1. The van der Waals surface area contributed by atoms with Crippen LogP contribution in [0.15, 0.2) is 11.6 Å². The predicted octanol–water partition coefficient (Wildman–Crippen LogP) is 1.74. The van der Waals surface area contributed by atoms with Crippen LogP contribution < -0.4 is 0 Å². The highest BCUT2D eigenvalue weighted by Gasteiger charge is 2.01. The summed E-state index contributed by atoms with van der Waals surface area (Å²) in [7, 11) is 0. The van der Waals surface area contributed by atoms with Gasteiger partial charge in [0.15, 0.2) is 0 Å². The van der Waals surface area contributed by atoms with Crippen molar-refractivity contribution in [3.05, 3.63) is 11.6 Å². The fourth-order valence-electron chi connectivity index (χ4n) is 0.685. The van der Waals surface area contributed by atoms with E-state index in [-0.39, 0.29) is 18.1 Å². The summed E-state index contributed by atoms with van der Waals surface area (Å²) >= 11 is 3.11. The van der Waals surface area contributed by atoms with Crippen molar-refractivity contribution in [3.63, 3.8) is 0 Å². The molecule has 0 heterocycles. The molecule has 0 saturated carbocycles. The molecule has 5 heteroatoms. The SMILES string of the molecule is C/C(=C\CCOC(=O)CCBr)C(=O)O. The number of carboxylic acids is 1. The van der Waals surface area contributed by atoms with Gasteiger partial charge in [-0.15, -0.1) is 0 Å². The van der Waals surface area contributed by atoms with E-state index in [4.69, 9.17) is 9.84 Å². The van der Waals surface area contributed by atoms with Crippen LogP contribution in [0, 0.1) is 0 Å². The third-order valence-electron chi connectivity index (χ3n) is 1.47. The highest BCUT2D eigenvalue weighted by atomic mass is 79.9. The van der Waals surface area contributed by atoms with Crippen molar-refractivity contribution in [2.45, 2.75) is 19.8 Å². The highest BCUT2D eigenvalue weighted by molar-refractivity contribution is 9.09. The maximum Gasteiger partial charge on any atom is 0.330 e. The smallest absolute Gasteiger partial charge is 0.330 e. The van der Waals surface area contributed by atoms with E-state index in [0.717, 1.165) is 0 Å². The summed E-state index contributed by atoms with van der Waals surface area (Å²) in [5, 5.41) is 9.07. The fourth-order valence-corrected chi connectivity index (χ4v) is 1.01. The van der Waals surface area contributed by atoms with Gasteiger partial charge < -0.3 is 9.84 Å². The molecule has 0 spiro atoms. The van der Waals surface area contributed by atoms with E-state index in [1.165, 1.54) is 13.0 Å². The average Bonchev–Trinajstić information content (AvgIpc) is 2.12. The molecule has 0 unspecified atom stereocenters. The monoisotopic (exact) mass is 264 g/mol. The molecule has 0 bridgehead atoms. The lowest BCUT2D eigenvalue weighted by Gasteiger charge is -2.00. The molecule has 0 aromatic heterocycles. The molecule has 0 fully saturated rings. The van der Waals surface area contributed by atoms with E-state index in [1.807, 2.05) is 0 Å². The van der Waals surface area contributed by atoms with Crippen molar-refractivity contribution in [1.82, 2.24) is 0 Å². The number of esters is 1. The van der Waals surface area contributed by atoms with Crippen LogP contribution in [0.2, 0.25) is 0 Å². The van der Waals surface area contributed by atoms with Gasteiger partial charge in [0.25, 0.3) is 0 Å². The van der Waals surface area contributed by atoms with E-state index in [2.05, 4.69) is 15.9 Å². The van der Waals surface area contributed by atoms with Crippen LogP contribution >= 0.6 is 15.9 Å². The molecule has 14 heavy (non-hydrogen) atoms. The van der Waals surface area contributed by atoms with E-state index in [1.54, 1.807) is 0 Å². The summed E-state index contributed by atoms with van der Waals surface area (Å²) in [6.45, 7) is 1.74. The number of halogens is 1. The van der Waals surface area contributed by atoms with Gasteiger partial charge in [-0.05, 0) is 6.92 Å². The molecular formula is C9H13BrO4. The molecule has 0 rings (SSSR count). The average molecular weight is 265 g/mol. The first-order valence-electron chi connectivity index (χ1n) is 4.19. The third-order valence-corrected chi connectivity index (χ3v) is 1.86. The predicted molar refractivity (Wildman–Crippen MR) is 55.4 cm³/mol. The lowest BCUT2D eigenvalue weighted by Crippen LogP contribution is -2.06. The first-order valence-corrected chi connectivity index (χ1v) is 5.31. The van der Waals surface area contributed by atoms with Crippen LogP contribution in [0.5, 0.6) is 0 Å². The number of alkyl halides is 1. The second-order valence-electron chi connectivity index (χ2n) is 2.64. The first-order chi connectivity index (χ1) is 6.57. The zero-order valence-corrected chi connectivity index (χ0v) is 9.54. The summed E-state index contributed by atoms with van der Waals surface area (Å²) in [6.07, 6.45) is 2.30. The van der Waals surface area contributed by atoms with Crippen molar-refractivity contribution in [1.29, 1.82) is 0 Å². The Morgan fingerprint density at radius 1 is 1.50 bits per heavy atom. The van der Waals surface area contributed by atoms with Crippen LogP contribution in [0.25, 0.3) is 0 Å². The first kappa shape index (κ1) is 13.2. The molecule has 4 nitrogen and oxygen atoms in total. The number of carbonyl (C=O) groups is 2. The van der Waals surface area contributed by atoms with Crippen LogP contribution in [0.4, 0.5) is 0 Å². The minimum atomic E-state index is -0.947. The summed E-state index contributed by atoms with van der Waals surface area (Å²) in [5.41, 5.74) is 0.265. The number of ether oxygens (including phenoxy) is 1. The Kier molecular flexibility index (Phi) is 7.10. The lowest BCUT2D eigenvalue weighted by atomic mass is 10.2. The van der Waals surface area contributed by atoms with E-state index in [0.29, 0.717) is 18.2 Å². The molecule has 0 aliphatic heterocycles. The fraction of sp³-hybridized carbons (Fsp3) is 0.556. The van der Waals surface area contributed by atoms with Crippen molar-refractivity contribution < 1.29 is 19.4 Å². The number of carboxylic acid groups (broad SMARTS) is 1.